The van der Waals surface area contributed by atoms with Gasteiger partial charge in [0.25, 0.3) is 0 Å². The normalized spacial score (nSPS) is 25.4. The maximum Gasteiger partial charge on any atom is 0.335 e. The minimum absolute atomic E-state index is 0.275. The fraction of sp³-hybridized carbons (Fsp3) is 0.462. The predicted octanol–water partition coefficient (Wildman–Crippen LogP) is 1.49. The van der Waals surface area contributed by atoms with Gasteiger partial charge in [-0.15, -0.1) is 0 Å². The summed E-state index contributed by atoms with van der Waals surface area (Å²) in [5, 5.41) is 19.0. The van der Waals surface area contributed by atoms with Gasteiger partial charge in [-0.1, -0.05) is 18.2 Å². The van der Waals surface area contributed by atoms with Crippen molar-refractivity contribution in [3.8, 4) is 0 Å². The van der Waals surface area contributed by atoms with Crippen molar-refractivity contribution in [1.29, 1.82) is 0 Å². The molecule has 1 atom stereocenters. The highest BCUT2D eigenvalue weighted by Gasteiger charge is 2.37. The SMILES string of the molecule is O=C(O)C1(O)CCCN(c2ccccc2)CC1. The number of para-hydroxylation sites is 1. The monoisotopic (exact) mass is 235 g/mol. The number of carboxylic acid groups (broad SMARTS) is 1. The molecular formula is C13H17NO3. The van der Waals surface area contributed by atoms with Crippen molar-refractivity contribution < 1.29 is 15.0 Å². The second kappa shape index (κ2) is 4.75. The van der Waals surface area contributed by atoms with E-state index in [0.29, 0.717) is 19.4 Å². The molecular weight excluding hydrogens is 218 g/mol. The van der Waals surface area contributed by atoms with Gasteiger partial charge in [-0.05, 0) is 25.0 Å². The van der Waals surface area contributed by atoms with Gasteiger partial charge in [0.15, 0.2) is 5.60 Å². The maximum atomic E-state index is 11.0. The minimum atomic E-state index is -1.55. The van der Waals surface area contributed by atoms with Crippen LogP contribution >= 0.6 is 0 Å². The van der Waals surface area contributed by atoms with Gasteiger partial charge in [-0.25, -0.2) is 4.79 Å². The first kappa shape index (κ1) is 11.9. The van der Waals surface area contributed by atoms with E-state index in [1.54, 1.807) is 0 Å². The second-order valence-corrected chi connectivity index (χ2v) is 4.51. The molecule has 1 heterocycles. The third-order valence-electron chi connectivity index (χ3n) is 3.33. The average molecular weight is 235 g/mol. The number of hydrogen-bond acceptors (Lipinski definition) is 3. The summed E-state index contributed by atoms with van der Waals surface area (Å²) in [7, 11) is 0. The molecule has 0 spiro atoms. The molecule has 1 aliphatic rings. The molecule has 1 fully saturated rings. The number of carbonyl (C=O) groups is 1. The summed E-state index contributed by atoms with van der Waals surface area (Å²) in [6.45, 7) is 1.37. The van der Waals surface area contributed by atoms with E-state index in [4.69, 9.17) is 5.11 Å². The van der Waals surface area contributed by atoms with Gasteiger partial charge in [0, 0.05) is 25.2 Å². The highest BCUT2D eigenvalue weighted by atomic mass is 16.4. The lowest BCUT2D eigenvalue weighted by Gasteiger charge is -2.24. The number of aliphatic carboxylic acids is 1. The molecule has 2 rings (SSSR count). The third-order valence-corrected chi connectivity index (χ3v) is 3.33. The molecule has 0 aliphatic carbocycles. The van der Waals surface area contributed by atoms with Crippen molar-refractivity contribution in [1.82, 2.24) is 0 Å². The van der Waals surface area contributed by atoms with Crippen molar-refractivity contribution >= 4 is 11.7 Å². The molecule has 0 radical (unpaired) electrons. The number of carboxylic acids is 1. The van der Waals surface area contributed by atoms with E-state index in [-0.39, 0.29) is 6.42 Å². The Labute approximate surface area is 100 Å². The molecule has 0 saturated carbocycles. The summed E-state index contributed by atoms with van der Waals surface area (Å²) in [4.78, 5) is 13.1. The Morgan fingerprint density at radius 2 is 1.88 bits per heavy atom. The summed E-state index contributed by atoms with van der Waals surface area (Å²) in [6.07, 6.45) is 1.29. The van der Waals surface area contributed by atoms with Crippen LogP contribution in [0.5, 0.6) is 0 Å². The van der Waals surface area contributed by atoms with Crippen molar-refractivity contribution in [2.75, 3.05) is 18.0 Å². The average Bonchev–Trinajstić information content (AvgIpc) is 2.54. The Balaban J connectivity index is 2.09. The predicted molar refractivity (Wildman–Crippen MR) is 65.1 cm³/mol. The first-order valence-electron chi connectivity index (χ1n) is 5.88. The summed E-state index contributed by atoms with van der Waals surface area (Å²) >= 11 is 0. The van der Waals surface area contributed by atoms with Gasteiger partial charge in [-0.3, -0.25) is 0 Å². The molecule has 1 aliphatic heterocycles. The largest absolute Gasteiger partial charge is 0.479 e. The third kappa shape index (κ3) is 2.58. The standard InChI is InChI=1S/C13H17NO3/c15-12(16)13(17)7-4-9-14(10-8-13)11-5-2-1-3-6-11/h1-3,5-6,17H,4,7-10H2,(H,15,16). The van der Waals surface area contributed by atoms with Gasteiger partial charge < -0.3 is 15.1 Å². The Bertz CT molecular complexity index is 393. The fourth-order valence-corrected chi connectivity index (χ4v) is 2.23. The van der Waals surface area contributed by atoms with E-state index < -0.39 is 11.6 Å². The summed E-state index contributed by atoms with van der Waals surface area (Å²) in [6, 6.07) is 9.89. The molecule has 17 heavy (non-hydrogen) atoms. The number of hydrogen-bond donors (Lipinski definition) is 2. The molecule has 1 saturated heterocycles. The van der Waals surface area contributed by atoms with E-state index in [1.165, 1.54) is 0 Å². The second-order valence-electron chi connectivity index (χ2n) is 4.51. The van der Waals surface area contributed by atoms with Crippen molar-refractivity contribution in [2.45, 2.75) is 24.9 Å². The van der Waals surface area contributed by atoms with Crippen LogP contribution in [-0.4, -0.2) is 34.9 Å². The quantitative estimate of drug-likeness (QED) is 0.815. The summed E-state index contributed by atoms with van der Waals surface area (Å²) in [5.41, 5.74) is -0.467. The molecule has 0 aromatic heterocycles. The van der Waals surface area contributed by atoms with Crippen LogP contribution in [0.1, 0.15) is 19.3 Å². The van der Waals surface area contributed by atoms with Gasteiger partial charge >= 0.3 is 5.97 Å². The van der Waals surface area contributed by atoms with E-state index in [9.17, 15) is 9.90 Å². The Kier molecular flexibility index (Phi) is 3.33. The molecule has 0 bridgehead atoms. The number of anilines is 1. The molecule has 4 heteroatoms. The summed E-state index contributed by atoms with van der Waals surface area (Å²) in [5.74, 6) is -1.10. The van der Waals surface area contributed by atoms with Gasteiger partial charge in [0.05, 0.1) is 0 Å². The molecule has 92 valence electrons. The minimum Gasteiger partial charge on any atom is -0.479 e. The first-order chi connectivity index (χ1) is 8.12. The number of benzene rings is 1. The van der Waals surface area contributed by atoms with E-state index in [0.717, 1.165) is 12.2 Å². The lowest BCUT2D eigenvalue weighted by atomic mass is 9.95. The number of nitrogens with zero attached hydrogens (tertiary/aromatic N) is 1. The van der Waals surface area contributed by atoms with Crippen LogP contribution < -0.4 is 4.90 Å². The smallest absolute Gasteiger partial charge is 0.335 e. The van der Waals surface area contributed by atoms with Gasteiger partial charge in [0.2, 0.25) is 0 Å². The van der Waals surface area contributed by atoms with Crippen LogP contribution in [0.3, 0.4) is 0 Å². The molecule has 1 aromatic carbocycles. The van der Waals surface area contributed by atoms with Crippen molar-refractivity contribution in [3.05, 3.63) is 30.3 Å². The topological polar surface area (TPSA) is 60.8 Å². The molecule has 0 amide bonds. The lowest BCUT2D eigenvalue weighted by molar-refractivity contribution is -0.159. The Hall–Kier alpha value is -1.55. The van der Waals surface area contributed by atoms with Crippen LogP contribution in [0.4, 0.5) is 5.69 Å². The van der Waals surface area contributed by atoms with E-state index in [1.807, 2.05) is 30.3 Å². The maximum absolute atomic E-state index is 11.0. The Morgan fingerprint density at radius 3 is 2.53 bits per heavy atom. The highest BCUT2D eigenvalue weighted by molar-refractivity contribution is 5.77. The van der Waals surface area contributed by atoms with Crippen LogP contribution in [0.2, 0.25) is 0 Å². The van der Waals surface area contributed by atoms with Gasteiger partial charge in [-0.2, -0.15) is 0 Å². The van der Waals surface area contributed by atoms with Crippen LogP contribution in [-0.2, 0) is 4.79 Å². The molecule has 1 aromatic rings. The van der Waals surface area contributed by atoms with Gasteiger partial charge in [0.1, 0.15) is 0 Å². The van der Waals surface area contributed by atoms with Crippen molar-refractivity contribution in [2.24, 2.45) is 0 Å². The lowest BCUT2D eigenvalue weighted by Crippen LogP contribution is -2.39. The zero-order valence-corrected chi connectivity index (χ0v) is 9.67. The zero-order chi connectivity index (χ0) is 12.3. The van der Waals surface area contributed by atoms with E-state index in [2.05, 4.69) is 4.90 Å². The molecule has 1 unspecified atom stereocenters. The van der Waals surface area contributed by atoms with Crippen molar-refractivity contribution in [3.63, 3.8) is 0 Å². The van der Waals surface area contributed by atoms with E-state index >= 15 is 0 Å². The molecule has 2 N–H and O–H groups in total. The fourth-order valence-electron chi connectivity index (χ4n) is 2.23. The Morgan fingerprint density at radius 1 is 1.18 bits per heavy atom. The number of aliphatic hydroxyl groups is 1. The number of rotatable bonds is 2. The molecule has 4 nitrogen and oxygen atoms in total. The zero-order valence-electron chi connectivity index (χ0n) is 9.67. The van der Waals surface area contributed by atoms with Crippen LogP contribution in [0.15, 0.2) is 30.3 Å². The summed E-state index contributed by atoms with van der Waals surface area (Å²) < 4.78 is 0. The first-order valence-corrected chi connectivity index (χ1v) is 5.88. The van der Waals surface area contributed by atoms with Crippen LogP contribution in [0.25, 0.3) is 0 Å². The highest BCUT2D eigenvalue weighted by Crippen LogP contribution is 2.25. The van der Waals surface area contributed by atoms with Crippen LogP contribution in [0, 0.1) is 0 Å².